The normalized spacial score (nSPS) is 13.8. The number of hydrogen-bond donors (Lipinski definition) is 0. The van der Waals surface area contributed by atoms with Crippen molar-refractivity contribution in [2.45, 2.75) is 19.3 Å². The summed E-state index contributed by atoms with van der Waals surface area (Å²) in [7, 11) is 0. The van der Waals surface area contributed by atoms with Crippen LogP contribution in [0.2, 0.25) is 0 Å². The van der Waals surface area contributed by atoms with E-state index in [1.54, 1.807) is 0 Å². The summed E-state index contributed by atoms with van der Waals surface area (Å²) in [4.78, 5) is 4.74. The van der Waals surface area contributed by atoms with Crippen LogP contribution in [0.1, 0.15) is 25.0 Å². The standard InChI is InChI=1S/C38H26N2O/c1-38(2)32-11-5-3-8-26(32)31-20-23(14-18-33(31)38)24-13-16-28-29-17-15-25(22-36(29)41-35(28)21-24)40-34-12-6-4-9-27(34)30-10-7-19-39-37(30)40/h3-22H,1-2H3. The summed E-state index contributed by atoms with van der Waals surface area (Å²) in [6.45, 7) is 4.64. The third kappa shape index (κ3) is 3.06. The number of hydrogen-bond acceptors (Lipinski definition) is 2. The Labute approximate surface area is 237 Å². The topological polar surface area (TPSA) is 31.0 Å². The van der Waals surface area contributed by atoms with Crippen molar-refractivity contribution in [3.05, 3.63) is 133 Å². The highest BCUT2D eigenvalue weighted by Gasteiger charge is 2.35. The molecule has 0 bridgehead atoms. The predicted molar refractivity (Wildman–Crippen MR) is 169 cm³/mol. The second kappa shape index (κ2) is 7.96. The van der Waals surface area contributed by atoms with Gasteiger partial charge in [0.15, 0.2) is 0 Å². The SMILES string of the molecule is CC1(C)c2ccccc2-c2cc(-c3ccc4c(c3)oc3cc(-n5c6ccccc6c6cccnc65)ccc34)ccc21. The van der Waals surface area contributed by atoms with Crippen LogP contribution in [0.4, 0.5) is 0 Å². The molecule has 1 aliphatic rings. The Hall–Kier alpha value is -5.15. The van der Waals surface area contributed by atoms with Gasteiger partial charge in [0, 0.05) is 39.2 Å². The van der Waals surface area contributed by atoms with E-state index < -0.39 is 0 Å². The lowest BCUT2D eigenvalue weighted by Gasteiger charge is -2.21. The van der Waals surface area contributed by atoms with E-state index in [9.17, 15) is 0 Å². The van der Waals surface area contributed by atoms with Crippen LogP contribution in [0.3, 0.4) is 0 Å². The third-order valence-corrected chi connectivity index (χ3v) is 9.07. The molecule has 3 heteroatoms. The molecule has 0 fully saturated rings. The van der Waals surface area contributed by atoms with Gasteiger partial charge in [0.1, 0.15) is 16.8 Å². The van der Waals surface area contributed by atoms with Crippen LogP contribution in [-0.4, -0.2) is 9.55 Å². The monoisotopic (exact) mass is 526 g/mol. The molecule has 3 nitrogen and oxygen atoms in total. The lowest BCUT2D eigenvalue weighted by molar-refractivity contribution is 0.660. The van der Waals surface area contributed by atoms with Crippen molar-refractivity contribution >= 4 is 43.9 Å². The largest absolute Gasteiger partial charge is 0.456 e. The van der Waals surface area contributed by atoms with Gasteiger partial charge in [0.25, 0.3) is 0 Å². The number of pyridine rings is 1. The summed E-state index contributed by atoms with van der Waals surface area (Å²) in [6.07, 6.45) is 1.86. The van der Waals surface area contributed by atoms with E-state index in [4.69, 9.17) is 9.40 Å². The average Bonchev–Trinajstić information content (AvgIpc) is 3.62. The molecule has 0 aliphatic heterocycles. The first kappa shape index (κ1) is 22.6. The molecule has 0 N–H and O–H groups in total. The van der Waals surface area contributed by atoms with Gasteiger partial charge in [-0.3, -0.25) is 4.57 Å². The summed E-state index contributed by atoms with van der Waals surface area (Å²) in [5, 5.41) is 4.60. The van der Waals surface area contributed by atoms with Gasteiger partial charge in [-0.25, -0.2) is 4.98 Å². The summed E-state index contributed by atoms with van der Waals surface area (Å²) < 4.78 is 8.75. The maximum absolute atomic E-state index is 6.53. The van der Waals surface area contributed by atoms with Crippen LogP contribution in [0.25, 0.3) is 71.8 Å². The Morgan fingerprint density at radius 3 is 2.22 bits per heavy atom. The minimum Gasteiger partial charge on any atom is -0.456 e. The Kier molecular flexibility index (Phi) is 4.39. The Morgan fingerprint density at radius 2 is 1.29 bits per heavy atom. The van der Waals surface area contributed by atoms with Gasteiger partial charge in [-0.15, -0.1) is 0 Å². The highest BCUT2D eigenvalue weighted by atomic mass is 16.3. The van der Waals surface area contributed by atoms with E-state index in [0.29, 0.717) is 0 Å². The minimum atomic E-state index is 0.0107. The zero-order chi connectivity index (χ0) is 27.3. The van der Waals surface area contributed by atoms with Crippen LogP contribution in [0.5, 0.6) is 0 Å². The second-order valence-corrected chi connectivity index (χ2v) is 11.7. The number of rotatable bonds is 2. The van der Waals surface area contributed by atoms with Crippen LogP contribution in [-0.2, 0) is 5.41 Å². The maximum Gasteiger partial charge on any atom is 0.145 e. The summed E-state index contributed by atoms with van der Waals surface area (Å²) in [6, 6.07) is 41.4. The van der Waals surface area contributed by atoms with E-state index >= 15 is 0 Å². The molecule has 3 heterocycles. The molecule has 0 saturated carbocycles. The molecule has 8 aromatic rings. The molecule has 0 amide bonds. The van der Waals surface area contributed by atoms with E-state index in [-0.39, 0.29) is 5.41 Å². The molecule has 0 spiro atoms. The number of nitrogens with zero attached hydrogens (tertiary/aromatic N) is 2. The number of furan rings is 1. The molecule has 0 saturated heterocycles. The summed E-state index contributed by atoms with van der Waals surface area (Å²) in [5.41, 5.74) is 12.7. The molecule has 0 unspecified atom stereocenters. The molecular formula is C38H26N2O. The number of benzene rings is 5. The average molecular weight is 527 g/mol. The zero-order valence-corrected chi connectivity index (χ0v) is 22.8. The van der Waals surface area contributed by atoms with Gasteiger partial charge in [-0.05, 0) is 81.9 Å². The first-order valence-corrected chi connectivity index (χ1v) is 14.1. The van der Waals surface area contributed by atoms with Crippen molar-refractivity contribution in [1.29, 1.82) is 0 Å². The predicted octanol–water partition coefficient (Wildman–Crippen LogP) is 10.1. The van der Waals surface area contributed by atoms with Gasteiger partial charge in [0.05, 0.1) is 11.2 Å². The molecule has 3 aromatic heterocycles. The van der Waals surface area contributed by atoms with Crippen molar-refractivity contribution in [1.82, 2.24) is 9.55 Å². The van der Waals surface area contributed by atoms with Crippen molar-refractivity contribution in [3.63, 3.8) is 0 Å². The van der Waals surface area contributed by atoms with Crippen LogP contribution in [0.15, 0.2) is 126 Å². The van der Waals surface area contributed by atoms with Gasteiger partial charge in [-0.1, -0.05) is 74.5 Å². The molecule has 0 radical (unpaired) electrons. The molecular weight excluding hydrogens is 500 g/mol. The van der Waals surface area contributed by atoms with Gasteiger partial charge in [0.2, 0.25) is 0 Å². The van der Waals surface area contributed by atoms with E-state index in [0.717, 1.165) is 49.7 Å². The van der Waals surface area contributed by atoms with Gasteiger partial charge in [-0.2, -0.15) is 0 Å². The summed E-state index contributed by atoms with van der Waals surface area (Å²) >= 11 is 0. The Morgan fingerprint density at radius 1 is 0.585 bits per heavy atom. The zero-order valence-electron chi connectivity index (χ0n) is 22.8. The Bertz CT molecular complexity index is 2300. The molecule has 9 rings (SSSR count). The third-order valence-electron chi connectivity index (χ3n) is 9.07. The molecule has 5 aromatic carbocycles. The number of aromatic nitrogens is 2. The van der Waals surface area contributed by atoms with Crippen molar-refractivity contribution < 1.29 is 4.42 Å². The lowest BCUT2D eigenvalue weighted by Crippen LogP contribution is -2.14. The molecule has 0 atom stereocenters. The van der Waals surface area contributed by atoms with E-state index in [1.807, 2.05) is 12.3 Å². The maximum atomic E-state index is 6.53. The first-order valence-electron chi connectivity index (χ1n) is 14.1. The van der Waals surface area contributed by atoms with Crippen LogP contribution >= 0.6 is 0 Å². The smallest absolute Gasteiger partial charge is 0.145 e. The molecule has 1 aliphatic carbocycles. The quantitative estimate of drug-likeness (QED) is 0.224. The molecule has 41 heavy (non-hydrogen) atoms. The van der Waals surface area contributed by atoms with Gasteiger partial charge < -0.3 is 4.42 Å². The fourth-order valence-corrected chi connectivity index (χ4v) is 7.04. The lowest BCUT2D eigenvalue weighted by atomic mass is 9.82. The highest BCUT2D eigenvalue weighted by Crippen LogP contribution is 2.49. The number of fused-ring (bicyclic) bond motifs is 9. The molecule has 194 valence electrons. The second-order valence-electron chi connectivity index (χ2n) is 11.7. The van der Waals surface area contributed by atoms with Crippen molar-refractivity contribution in [2.75, 3.05) is 0 Å². The number of para-hydroxylation sites is 1. The van der Waals surface area contributed by atoms with Crippen LogP contribution < -0.4 is 0 Å². The highest BCUT2D eigenvalue weighted by molar-refractivity contribution is 6.09. The fraction of sp³-hybridized carbons (Fsp3) is 0.0789. The first-order chi connectivity index (χ1) is 20.1. The Balaban J connectivity index is 1.18. The van der Waals surface area contributed by atoms with Crippen molar-refractivity contribution in [2.24, 2.45) is 0 Å². The van der Waals surface area contributed by atoms with E-state index in [2.05, 4.69) is 128 Å². The summed E-state index contributed by atoms with van der Waals surface area (Å²) in [5.74, 6) is 0. The van der Waals surface area contributed by atoms with Crippen LogP contribution in [0, 0.1) is 0 Å². The van der Waals surface area contributed by atoms with Gasteiger partial charge >= 0.3 is 0 Å². The van der Waals surface area contributed by atoms with Crippen molar-refractivity contribution in [3.8, 4) is 27.9 Å². The minimum absolute atomic E-state index is 0.0107. The fourth-order valence-electron chi connectivity index (χ4n) is 7.04. The van der Waals surface area contributed by atoms with E-state index in [1.165, 1.54) is 33.2 Å².